The molecular formula is C14H15N3O2. The number of carbonyl (C=O) groups excluding carboxylic acids is 2. The van der Waals surface area contributed by atoms with Gasteiger partial charge in [0.2, 0.25) is 0 Å². The molecule has 1 saturated carbocycles. The molecule has 1 aromatic carbocycles. The molecule has 0 radical (unpaired) electrons. The van der Waals surface area contributed by atoms with Crippen molar-refractivity contribution in [1.29, 1.82) is 5.26 Å². The maximum Gasteiger partial charge on any atom is 0.319 e. The van der Waals surface area contributed by atoms with Gasteiger partial charge in [-0.05, 0) is 31.0 Å². The van der Waals surface area contributed by atoms with Crippen LogP contribution in [0.1, 0.15) is 31.2 Å². The van der Waals surface area contributed by atoms with Crippen molar-refractivity contribution in [1.82, 2.24) is 5.32 Å². The van der Waals surface area contributed by atoms with Gasteiger partial charge < -0.3 is 10.6 Å². The first-order valence-electron chi connectivity index (χ1n) is 6.27. The summed E-state index contributed by atoms with van der Waals surface area (Å²) in [5, 5.41) is 14.3. The monoisotopic (exact) mass is 257 g/mol. The van der Waals surface area contributed by atoms with Gasteiger partial charge in [-0.25, -0.2) is 4.79 Å². The fourth-order valence-electron chi connectivity index (χ4n) is 2.10. The van der Waals surface area contributed by atoms with Crippen molar-refractivity contribution in [2.45, 2.75) is 31.7 Å². The molecule has 0 aliphatic heterocycles. The van der Waals surface area contributed by atoms with Crippen LogP contribution in [0, 0.1) is 11.3 Å². The zero-order chi connectivity index (χ0) is 13.7. The van der Waals surface area contributed by atoms with Crippen LogP contribution in [-0.4, -0.2) is 17.9 Å². The van der Waals surface area contributed by atoms with Gasteiger partial charge in [-0.15, -0.1) is 0 Å². The van der Waals surface area contributed by atoms with Crippen LogP contribution < -0.4 is 10.6 Å². The quantitative estimate of drug-likeness (QED) is 0.852. The van der Waals surface area contributed by atoms with Gasteiger partial charge in [-0.1, -0.05) is 6.07 Å². The van der Waals surface area contributed by atoms with Gasteiger partial charge in [0, 0.05) is 24.6 Å². The molecule has 2 rings (SSSR count). The lowest BCUT2D eigenvalue weighted by atomic mass is 9.94. The van der Waals surface area contributed by atoms with Crippen molar-refractivity contribution in [2.24, 2.45) is 0 Å². The highest BCUT2D eigenvalue weighted by atomic mass is 16.2. The van der Waals surface area contributed by atoms with E-state index in [9.17, 15) is 9.59 Å². The van der Waals surface area contributed by atoms with E-state index < -0.39 is 0 Å². The molecule has 0 unspecified atom stereocenters. The van der Waals surface area contributed by atoms with E-state index in [1.54, 1.807) is 24.3 Å². The molecule has 0 bridgehead atoms. The van der Waals surface area contributed by atoms with Crippen LogP contribution in [0.4, 0.5) is 10.5 Å². The molecule has 2 amide bonds. The molecule has 0 atom stereocenters. The minimum Gasteiger partial charge on any atom is -0.335 e. The van der Waals surface area contributed by atoms with Gasteiger partial charge in [0.25, 0.3) is 0 Å². The highest BCUT2D eigenvalue weighted by Crippen LogP contribution is 2.15. The first-order chi connectivity index (χ1) is 9.17. The molecular weight excluding hydrogens is 242 g/mol. The standard InChI is InChI=1S/C14H15N3O2/c15-9-10-2-1-3-12(8-10)17-14(19)16-11-4-6-13(18)7-5-11/h1-3,8,11H,4-7H2,(H2,16,17,19). The molecule has 98 valence electrons. The maximum atomic E-state index is 11.8. The van der Waals surface area contributed by atoms with E-state index in [1.165, 1.54) is 0 Å². The summed E-state index contributed by atoms with van der Waals surface area (Å²) in [5.41, 5.74) is 1.09. The second kappa shape index (κ2) is 6.01. The Morgan fingerprint density at radius 2 is 2.05 bits per heavy atom. The average molecular weight is 257 g/mol. The Hall–Kier alpha value is -2.35. The molecule has 19 heavy (non-hydrogen) atoms. The number of Topliss-reactive ketones (excluding diaryl/α,β-unsaturated/α-hetero) is 1. The SMILES string of the molecule is N#Cc1cccc(NC(=O)NC2CCC(=O)CC2)c1. The Bertz CT molecular complexity index is 524. The summed E-state index contributed by atoms with van der Waals surface area (Å²) < 4.78 is 0. The number of benzene rings is 1. The number of amides is 2. The summed E-state index contributed by atoms with van der Waals surface area (Å²) in [6, 6.07) is 8.51. The number of ketones is 1. The van der Waals surface area contributed by atoms with E-state index in [1.807, 2.05) is 6.07 Å². The van der Waals surface area contributed by atoms with Crippen LogP contribution in [0.5, 0.6) is 0 Å². The molecule has 0 saturated heterocycles. The third kappa shape index (κ3) is 3.81. The lowest BCUT2D eigenvalue weighted by Gasteiger charge is -2.22. The van der Waals surface area contributed by atoms with Crippen molar-refractivity contribution < 1.29 is 9.59 Å². The van der Waals surface area contributed by atoms with Crippen molar-refractivity contribution >= 4 is 17.5 Å². The summed E-state index contributed by atoms with van der Waals surface area (Å²) in [6.45, 7) is 0. The Morgan fingerprint density at radius 3 is 2.74 bits per heavy atom. The minimum absolute atomic E-state index is 0.0526. The summed E-state index contributed by atoms with van der Waals surface area (Å²) in [6.07, 6.45) is 2.47. The molecule has 1 aromatic rings. The van der Waals surface area contributed by atoms with Crippen molar-refractivity contribution in [3.05, 3.63) is 29.8 Å². The van der Waals surface area contributed by atoms with Crippen LogP contribution in [0.3, 0.4) is 0 Å². The molecule has 2 N–H and O–H groups in total. The number of nitriles is 1. The van der Waals surface area contributed by atoms with Crippen LogP contribution in [-0.2, 0) is 4.79 Å². The van der Waals surface area contributed by atoms with Crippen molar-refractivity contribution in [2.75, 3.05) is 5.32 Å². The van der Waals surface area contributed by atoms with Crippen LogP contribution in [0.2, 0.25) is 0 Å². The summed E-state index contributed by atoms with van der Waals surface area (Å²) >= 11 is 0. The van der Waals surface area contributed by atoms with Gasteiger partial charge in [0.15, 0.2) is 0 Å². The van der Waals surface area contributed by atoms with E-state index in [-0.39, 0.29) is 17.9 Å². The van der Waals surface area contributed by atoms with E-state index in [0.717, 1.165) is 0 Å². The van der Waals surface area contributed by atoms with Crippen LogP contribution in [0.15, 0.2) is 24.3 Å². The van der Waals surface area contributed by atoms with Gasteiger partial charge in [-0.2, -0.15) is 5.26 Å². The lowest BCUT2D eigenvalue weighted by molar-refractivity contribution is -0.120. The van der Waals surface area contributed by atoms with E-state index in [4.69, 9.17) is 5.26 Å². The molecule has 1 fully saturated rings. The first kappa shape index (κ1) is 13.1. The predicted octanol–water partition coefficient (Wildman–Crippen LogP) is 2.19. The number of urea groups is 1. The normalized spacial score (nSPS) is 15.6. The Labute approximate surface area is 111 Å². The maximum absolute atomic E-state index is 11.8. The second-order valence-corrected chi connectivity index (χ2v) is 4.60. The van der Waals surface area contributed by atoms with E-state index in [2.05, 4.69) is 10.6 Å². The number of rotatable bonds is 2. The Kier molecular flexibility index (Phi) is 4.14. The van der Waals surface area contributed by atoms with Crippen LogP contribution in [0.25, 0.3) is 0 Å². The minimum atomic E-state index is -0.297. The topological polar surface area (TPSA) is 82.0 Å². The Balaban J connectivity index is 1.87. The molecule has 5 nitrogen and oxygen atoms in total. The summed E-state index contributed by atoms with van der Waals surface area (Å²) in [4.78, 5) is 22.9. The fourth-order valence-corrected chi connectivity index (χ4v) is 2.10. The van der Waals surface area contributed by atoms with E-state index >= 15 is 0 Å². The van der Waals surface area contributed by atoms with Crippen molar-refractivity contribution in [3.8, 4) is 6.07 Å². The van der Waals surface area contributed by atoms with E-state index in [0.29, 0.717) is 36.9 Å². The number of hydrogen-bond donors (Lipinski definition) is 2. The average Bonchev–Trinajstić information content (AvgIpc) is 2.41. The smallest absolute Gasteiger partial charge is 0.319 e. The number of hydrogen-bond acceptors (Lipinski definition) is 3. The van der Waals surface area contributed by atoms with Gasteiger partial charge >= 0.3 is 6.03 Å². The number of anilines is 1. The molecule has 5 heteroatoms. The third-order valence-electron chi connectivity index (χ3n) is 3.13. The Morgan fingerprint density at radius 1 is 1.32 bits per heavy atom. The lowest BCUT2D eigenvalue weighted by Crippen LogP contribution is -2.40. The predicted molar refractivity (Wildman–Crippen MR) is 70.6 cm³/mol. The molecule has 0 aromatic heterocycles. The zero-order valence-corrected chi connectivity index (χ0v) is 10.5. The molecule has 0 spiro atoms. The van der Waals surface area contributed by atoms with Crippen molar-refractivity contribution in [3.63, 3.8) is 0 Å². The van der Waals surface area contributed by atoms with Gasteiger partial charge in [-0.3, -0.25) is 4.79 Å². The molecule has 0 heterocycles. The molecule has 1 aliphatic rings. The summed E-state index contributed by atoms with van der Waals surface area (Å²) in [5.74, 6) is 0.264. The highest BCUT2D eigenvalue weighted by Gasteiger charge is 2.20. The first-order valence-corrected chi connectivity index (χ1v) is 6.27. The number of nitrogens with zero attached hydrogens (tertiary/aromatic N) is 1. The van der Waals surface area contributed by atoms with Crippen LogP contribution >= 0.6 is 0 Å². The van der Waals surface area contributed by atoms with Gasteiger partial charge in [0.1, 0.15) is 5.78 Å². The molecule has 1 aliphatic carbocycles. The second-order valence-electron chi connectivity index (χ2n) is 4.60. The van der Waals surface area contributed by atoms with Gasteiger partial charge in [0.05, 0.1) is 11.6 Å². The zero-order valence-electron chi connectivity index (χ0n) is 10.5. The largest absolute Gasteiger partial charge is 0.335 e. The number of carbonyl (C=O) groups is 2. The number of nitrogens with one attached hydrogen (secondary N) is 2. The third-order valence-corrected chi connectivity index (χ3v) is 3.13. The fraction of sp³-hybridized carbons (Fsp3) is 0.357. The summed E-state index contributed by atoms with van der Waals surface area (Å²) in [7, 11) is 0. The highest BCUT2D eigenvalue weighted by molar-refractivity contribution is 5.89.